The molecule has 0 unspecified atom stereocenters. The third-order valence-corrected chi connectivity index (χ3v) is 9.11. The van der Waals surface area contributed by atoms with Crippen LogP contribution in [-0.2, 0) is 12.8 Å². The van der Waals surface area contributed by atoms with Gasteiger partial charge < -0.3 is 20.1 Å². The van der Waals surface area contributed by atoms with Crippen LogP contribution in [0.15, 0.2) is 145 Å². The minimum absolute atomic E-state index is 0.0385. The van der Waals surface area contributed by atoms with Gasteiger partial charge >= 0.3 is 14.0 Å². The fraction of sp³-hybridized carbons (Fsp3) is 0.0556. The average Bonchev–Trinajstić information content (AvgIpc) is 3.79. The van der Waals surface area contributed by atoms with Crippen molar-refractivity contribution in [2.75, 3.05) is 9.62 Å². The highest BCUT2D eigenvalue weighted by molar-refractivity contribution is 6.80. The van der Waals surface area contributed by atoms with E-state index in [9.17, 15) is 0 Å². The Hall–Kier alpha value is -5.09. The lowest BCUT2D eigenvalue weighted by Crippen LogP contribution is -2.55. The minimum Gasteiger partial charge on any atom is -0.406 e. The number of para-hydroxylation sites is 2. The van der Waals surface area contributed by atoms with Gasteiger partial charge in [0, 0.05) is 46.7 Å². The molecule has 4 aliphatic rings. The third kappa shape index (κ3) is 3.51. The zero-order valence-electron chi connectivity index (χ0n) is 23.2. The van der Waals surface area contributed by atoms with Gasteiger partial charge in [-0.15, -0.1) is 0 Å². The van der Waals surface area contributed by atoms with Crippen LogP contribution < -0.4 is 31.0 Å². The normalized spacial score (nSPS) is 16.4. The van der Waals surface area contributed by atoms with E-state index in [0.717, 1.165) is 12.8 Å². The molecule has 0 fully saturated rings. The quantitative estimate of drug-likeness (QED) is 0.310. The van der Waals surface area contributed by atoms with Gasteiger partial charge in [-0.05, 0) is 46.3 Å². The molecule has 0 aromatic heterocycles. The molecule has 2 heterocycles. The predicted octanol–water partition coefficient (Wildman–Crippen LogP) is 5.15. The van der Waals surface area contributed by atoms with E-state index in [0.29, 0.717) is 0 Å². The second-order valence-electron chi connectivity index (χ2n) is 11.5. The molecule has 2 N–H and O–H groups in total. The van der Waals surface area contributed by atoms with E-state index in [4.69, 9.17) is 0 Å². The average molecular weight is 538 g/mol. The van der Waals surface area contributed by atoms with Gasteiger partial charge in [0.2, 0.25) is 0 Å². The van der Waals surface area contributed by atoms with Gasteiger partial charge in [0.25, 0.3) is 0 Å². The second-order valence-corrected chi connectivity index (χ2v) is 11.5. The first-order chi connectivity index (χ1) is 20.8. The Balaban J connectivity index is 1.08. The van der Waals surface area contributed by atoms with Gasteiger partial charge in [-0.1, -0.05) is 109 Å². The van der Waals surface area contributed by atoms with Gasteiger partial charge in [-0.2, -0.15) is 0 Å². The van der Waals surface area contributed by atoms with Crippen LogP contribution in [0.25, 0.3) is 11.4 Å². The molecule has 0 saturated heterocycles. The lowest BCUT2D eigenvalue weighted by atomic mass is 9.62. The summed E-state index contributed by atoms with van der Waals surface area (Å²) in [5, 5.41) is 7.81. The van der Waals surface area contributed by atoms with E-state index < -0.39 is 0 Å². The number of benzene rings is 5. The van der Waals surface area contributed by atoms with Gasteiger partial charge in [-0.25, -0.2) is 0 Å². The summed E-state index contributed by atoms with van der Waals surface area (Å²) in [7, 11) is 0. The molecule has 6 heteroatoms. The lowest BCUT2D eigenvalue weighted by Gasteiger charge is -2.29. The van der Waals surface area contributed by atoms with Crippen LogP contribution in [0.2, 0.25) is 0 Å². The maximum absolute atomic E-state index is 3.90. The maximum Gasteiger partial charge on any atom is 0.413 e. The van der Waals surface area contributed by atoms with Crippen molar-refractivity contribution in [3.8, 4) is 0 Å². The first-order valence-corrected chi connectivity index (χ1v) is 14.8. The summed E-state index contributed by atoms with van der Waals surface area (Å²) in [6.07, 6.45) is 1.89. The summed E-state index contributed by atoms with van der Waals surface area (Å²) >= 11 is 0. The van der Waals surface area contributed by atoms with Crippen molar-refractivity contribution in [2.24, 2.45) is 0 Å². The molecule has 42 heavy (non-hydrogen) atoms. The van der Waals surface area contributed by atoms with Crippen LogP contribution in [0.5, 0.6) is 0 Å². The van der Waals surface area contributed by atoms with Crippen molar-refractivity contribution in [3.05, 3.63) is 167 Å². The van der Waals surface area contributed by atoms with E-state index in [2.05, 4.69) is 154 Å². The van der Waals surface area contributed by atoms with Crippen LogP contribution >= 0.6 is 0 Å². The van der Waals surface area contributed by atoms with Crippen molar-refractivity contribution in [3.63, 3.8) is 0 Å². The molecule has 4 nitrogen and oxygen atoms in total. The van der Waals surface area contributed by atoms with E-state index in [-0.39, 0.29) is 14.0 Å². The maximum atomic E-state index is 3.90. The summed E-state index contributed by atoms with van der Waals surface area (Å²) in [4.78, 5) is 4.96. The third-order valence-electron chi connectivity index (χ3n) is 9.11. The molecule has 0 saturated carbocycles. The fourth-order valence-electron chi connectivity index (χ4n) is 7.25. The van der Waals surface area contributed by atoms with E-state index in [1.807, 2.05) is 0 Å². The van der Waals surface area contributed by atoms with Gasteiger partial charge in [0.05, 0.1) is 11.4 Å². The number of fused-ring (bicyclic) bond motifs is 4. The molecule has 198 valence electrons. The van der Waals surface area contributed by atoms with Gasteiger partial charge in [-0.3, -0.25) is 0 Å². The van der Waals surface area contributed by atoms with Crippen LogP contribution in [0, 0.1) is 0 Å². The molecule has 0 spiro atoms. The van der Waals surface area contributed by atoms with Crippen molar-refractivity contribution in [1.29, 1.82) is 0 Å². The van der Waals surface area contributed by atoms with Crippen LogP contribution in [0.4, 0.5) is 11.4 Å². The van der Waals surface area contributed by atoms with Crippen molar-refractivity contribution >= 4 is 47.7 Å². The lowest BCUT2D eigenvalue weighted by molar-refractivity contribution is 1.07. The van der Waals surface area contributed by atoms with E-state index >= 15 is 0 Å². The number of hydrogen-bond donors (Lipinski definition) is 2. The molecule has 0 atom stereocenters. The molecule has 5 aromatic carbocycles. The number of nitrogens with zero attached hydrogens (tertiary/aromatic N) is 2. The first-order valence-electron chi connectivity index (χ1n) is 14.8. The first kappa shape index (κ1) is 23.6. The number of rotatable bonds is 4. The van der Waals surface area contributed by atoms with E-state index in [1.165, 1.54) is 67.3 Å². The Bertz CT molecular complexity index is 1760. The number of hydrogen-bond acceptors (Lipinski definition) is 4. The standard InChI is InChI=1S/C36H28B2N4/c1-3-13-29(14-4-1)41-35-31-17-9-7-11-25(31)23-33(35)39-37(41)27-19-21-28(22-20-27)38-40-34-24-26-12-8-10-18-32(26)36(34)42(38)30-15-5-2-6-16-30/h1-22,39-40H,23-24H2. The van der Waals surface area contributed by atoms with Crippen molar-refractivity contribution in [1.82, 2.24) is 10.5 Å². The summed E-state index contributed by atoms with van der Waals surface area (Å²) < 4.78 is 0. The molecular weight excluding hydrogens is 510 g/mol. The highest BCUT2D eigenvalue weighted by atomic mass is 15.2. The monoisotopic (exact) mass is 538 g/mol. The molecule has 2 aliphatic heterocycles. The van der Waals surface area contributed by atoms with Crippen LogP contribution in [-0.4, -0.2) is 14.0 Å². The number of nitrogens with one attached hydrogen (secondary N) is 2. The number of allylic oxidation sites excluding steroid dienone is 2. The Morgan fingerprint density at radius 2 is 0.810 bits per heavy atom. The van der Waals surface area contributed by atoms with Crippen molar-refractivity contribution in [2.45, 2.75) is 12.8 Å². The second kappa shape index (κ2) is 9.22. The number of anilines is 2. The molecule has 0 amide bonds. The summed E-state index contributed by atoms with van der Waals surface area (Å²) in [6.45, 7) is 0.0770. The van der Waals surface area contributed by atoms with Gasteiger partial charge in [0.15, 0.2) is 0 Å². The van der Waals surface area contributed by atoms with Crippen LogP contribution in [0.1, 0.15) is 22.3 Å². The minimum atomic E-state index is 0.0385. The highest BCUT2D eigenvalue weighted by Gasteiger charge is 2.44. The summed E-state index contributed by atoms with van der Waals surface area (Å²) in [6, 6.07) is 48.4. The zero-order chi connectivity index (χ0) is 27.6. The zero-order valence-corrected chi connectivity index (χ0v) is 23.2. The Kier molecular flexibility index (Phi) is 5.18. The fourth-order valence-corrected chi connectivity index (χ4v) is 7.25. The van der Waals surface area contributed by atoms with Gasteiger partial charge in [0.1, 0.15) is 0 Å². The topological polar surface area (TPSA) is 30.5 Å². The summed E-state index contributed by atoms with van der Waals surface area (Å²) in [5.41, 5.74) is 15.6. The van der Waals surface area contributed by atoms with Crippen molar-refractivity contribution < 1.29 is 0 Å². The molecule has 9 rings (SSSR count). The van der Waals surface area contributed by atoms with E-state index in [1.54, 1.807) is 0 Å². The molecule has 2 aliphatic carbocycles. The molecular formula is C36H28B2N4. The SMILES string of the molecule is c1ccc(N2B(c3ccc(B4NC5=C(c6ccccc6C5)N4c4ccccc4)cc3)NC3=C2c2ccccc2C3)cc1. The Morgan fingerprint density at radius 1 is 0.429 bits per heavy atom. The molecule has 5 aromatic rings. The predicted molar refractivity (Wildman–Crippen MR) is 175 cm³/mol. The van der Waals surface area contributed by atoms with Crippen LogP contribution in [0.3, 0.4) is 0 Å². The molecule has 0 bridgehead atoms. The Labute approximate surface area is 247 Å². The molecule has 0 radical (unpaired) electrons. The smallest absolute Gasteiger partial charge is 0.406 e. The largest absolute Gasteiger partial charge is 0.413 e. The summed E-state index contributed by atoms with van der Waals surface area (Å²) in [5.74, 6) is 0. The Morgan fingerprint density at radius 3 is 1.24 bits per heavy atom. The highest BCUT2D eigenvalue weighted by Crippen LogP contribution is 2.42.